The molecule has 0 bridgehead atoms. The Labute approximate surface area is 130 Å². The summed E-state index contributed by atoms with van der Waals surface area (Å²) in [5.41, 5.74) is 2.18. The standard InChI is InChI=1S/C16H22N4O2/c1-2-15(11-21)19-16(22)18-9-13-4-3-5-14(8-13)10-20-7-6-17-12-20/h3-8,12,15,21H,2,9-11H2,1H3,(H2,18,19,22). The van der Waals surface area contributed by atoms with Gasteiger partial charge in [0, 0.05) is 25.5 Å². The SMILES string of the molecule is CCC(CO)NC(=O)NCc1cccc(Cn2ccnc2)c1. The molecule has 0 aliphatic heterocycles. The van der Waals surface area contributed by atoms with E-state index in [1.807, 2.05) is 35.9 Å². The van der Waals surface area contributed by atoms with Crippen LogP contribution in [0.5, 0.6) is 0 Å². The number of carbonyl (C=O) groups is 1. The second kappa shape index (κ2) is 8.19. The highest BCUT2D eigenvalue weighted by Gasteiger charge is 2.08. The number of nitrogens with zero attached hydrogens (tertiary/aromatic N) is 2. The molecule has 2 rings (SSSR count). The van der Waals surface area contributed by atoms with Gasteiger partial charge in [-0.3, -0.25) is 0 Å². The molecule has 22 heavy (non-hydrogen) atoms. The minimum absolute atomic E-state index is 0.0513. The van der Waals surface area contributed by atoms with Gasteiger partial charge in [-0.25, -0.2) is 9.78 Å². The lowest BCUT2D eigenvalue weighted by Crippen LogP contribution is -2.43. The first-order chi connectivity index (χ1) is 10.7. The number of hydrogen-bond donors (Lipinski definition) is 3. The first kappa shape index (κ1) is 16.0. The summed E-state index contributed by atoms with van der Waals surface area (Å²) in [5.74, 6) is 0. The van der Waals surface area contributed by atoms with Crippen molar-refractivity contribution in [2.45, 2.75) is 32.5 Å². The summed E-state index contributed by atoms with van der Waals surface area (Å²) in [4.78, 5) is 15.8. The Morgan fingerprint density at radius 3 is 2.91 bits per heavy atom. The maximum Gasteiger partial charge on any atom is 0.315 e. The molecule has 0 spiro atoms. The zero-order valence-corrected chi connectivity index (χ0v) is 12.7. The zero-order chi connectivity index (χ0) is 15.8. The number of aliphatic hydroxyl groups excluding tert-OH is 1. The number of aromatic nitrogens is 2. The van der Waals surface area contributed by atoms with Gasteiger partial charge < -0.3 is 20.3 Å². The Balaban J connectivity index is 1.86. The maximum atomic E-state index is 11.7. The van der Waals surface area contributed by atoms with Gasteiger partial charge in [-0.2, -0.15) is 0 Å². The van der Waals surface area contributed by atoms with Crippen LogP contribution in [0.3, 0.4) is 0 Å². The topological polar surface area (TPSA) is 79.2 Å². The van der Waals surface area contributed by atoms with E-state index in [-0.39, 0.29) is 18.7 Å². The average molecular weight is 302 g/mol. The number of nitrogens with one attached hydrogen (secondary N) is 2. The number of aliphatic hydroxyl groups is 1. The average Bonchev–Trinajstić information content (AvgIpc) is 3.04. The van der Waals surface area contributed by atoms with E-state index in [0.29, 0.717) is 13.0 Å². The lowest BCUT2D eigenvalue weighted by molar-refractivity contribution is 0.214. The summed E-state index contributed by atoms with van der Waals surface area (Å²) < 4.78 is 1.99. The largest absolute Gasteiger partial charge is 0.394 e. The van der Waals surface area contributed by atoms with Crippen molar-refractivity contribution in [2.24, 2.45) is 0 Å². The van der Waals surface area contributed by atoms with E-state index in [0.717, 1.165) is 17.7 Å². The van der Waals surface area contributed by atoms with Crippen molar-refractivity contribution in [1.29, 1.82) is 0 Å². The van der Waals surface area contributed by atoms with Gasteiger partial charge in [-0.05, 0) is 17.5 Å². The third-order valence-electron chi connectivity index (χ3n) is 3.42. The second-order valence-electron chi connectivity index (χ2n) is 5.17. The number of amides is 2. The number of hydrogen-bond acceptors (Lipinski definition) is 3. The van der Waals surface area contributed by atoms with Crippen molar-refractivity contribution >= 4 is 6.03 Å². The molecule has 6 heteroatoms. The molecule has 1 unspecified atom stereocenters. The summed E-state index contributed by atoms with van der Waals surface area (Å²) >= 11 is 0. The molecule has 0 aliphatic rings. The molecule has 1 heterocycles. The Kier molecular flexibility index (Phi) is 5.97. The van der Waals surface area contributed by atoms with Crippen molar-refractivity contribution in [1.82, 2.24) is 20.2 Å². The van der Waals surface area contributed by atoms with Gasteiger partial charge >= 0.3 is 6.03 Å². The Hall–Kier alpha value is -2.34. The van der Waals surface area contributed by atoms with Crippen LogP contribution in [0, 0.1) is 0 Å². The number of imidazole rings is 1. The van der Waals surface area contributed by atoms with Crippen LogP contribution in [0.1, 0.15) is 24.5 Å². The molecular weight excluding hydrogens is 280 g/mol. The lowest BCUT2D eigenvalue weighted by atomic mass is 10.1. The first-order valence-electron chi connectivity index (χ1n) is 7.40. The molecule has 1 aromatic heterocycles. The van der Waals surface area contributed by atoms with Crippen molar-refractivity contribution < 1.29 is 9.90 Å². The lowest BCUT2D eigenvalue weighted by Gasteiger charge is -2.15. The fourth-order valence-electron chi connectivity index (χ4n) is 2.12. The van der Waals surface area contributed by atoms with Gasteiger partial charge in [0.05, 0.1) is 19.0 Å². The highest BCUT2D eigenvalue weighted by Crippen LogP contribution is 2.07. The van der Waals surface area contributed by atoms with Gasteiger partial charge in [0.25, 0.3) is 0 Å². The number of carbonyl (C=O) groups excluding carboxylic acids is 1. The van der Waals surface area contributed by atoms with Gasteiger partial charge in [-0.1, -0.05) is 31.2 Å². The molecule has 0 saturated heterocycles. The van der Waals surface area contributed by atoms with E-state index in [2.05, 4.69) is 21.7 Å². The van der Waals surface area contributed by atoms with Crippen LogP contribution in [0.25, 0.3) is 0 Å². The Morgan fingerprint density at radius 1 is 1.41 bits per heavy atom. The zero-order valence-electron chi connectivity index (χ0n) is 12.7. The molecule has 118 valence electrons. The summed E-state index contributed by atoms with van der Waals surface area (Å²) in [6.45, 7) is 3.07. The predicted octanol–water partition coefficient (Wildman–Crippen LogP) is 1.50. The summed E-state index contributed by atoms with van der Waals surface area (Å²) in [6.07, 6.45) is 6.14. The highest BCUT2D eigenvalue weighted by atomic mass is 16.3. The fraction of sp³-hybridized carbons (Fsp3) is 0.375. The molecule has 0 fully saturated rings. The number of urea groups is 1. The fourth-order valence-corrected chi connectivity index (χ4v) is 2.12. The van der Waals surface area contributed by atoms with Crippen molar-refractivity contribution in [3.05, 3.63) is 54.1 Å². The minimum atomic E-state index is -0.263. The van der Waals surface area contributed by atoms with E-state index in [1.165, 1.54) is 0 Å². The van der Waals surface area contributed by atoms with E-state index < -0.39 is 0 Å². The number of rotatable bonds is 7. The van der Waals surface area contributed by atoms with Crippen LogP contribution in [-0.2, 0) is 13.1 Å². The maximum absolute atomic E-state index is 11.7. The van der Waals surface area contributed by atoms with Gasteiger partial charge in [0.1, 0.15) is 0 Å². The summed E-state index contributed by atoms with van der Waals surface area (Å²) in [6, 6.07) is 7.59. The molecular formula is C16H22N4O2. The molecule has 0 aliphatic carbocycles. The molecule has 0 radical (unpaired) electrons. The van der Waals surface area contributed by atoms with Crippen LogP contribution < -0.4 is 10.6 Å². The summed E-state index contributed by atoms with van der Waals surface area (Å²) in [7, 11) is 0. The third kappa shape index (κ3) is 4.89. The van der Waals surface area contributed by atoms with Crippen LogP contribution in [0.4, 0.5) is 4.79 Å². The van der Waals surface area contributed by atoms with Crippen molar-refractivity contribution in [3.63, 3.8) is 0 Å². The van der Waals surface area contributed by atoms with Crippen LogP contribution >= 0.6 is 0 Å². The van der Waals surface area contributed by atoms with Crippen LogP contribution in [0.15, 0.2) is 43.0 Å². The summed E-state index contributed by atoms with van der Waals surface area (Å²) in [5, 5.41) is 14.6. The van der Waals surface area contributed by atoms with Gasteiger partial charge in [0.15, 0.2) is 0 Å². The van der Waals surface area contributed by atoms with E-state index in [1.54, 1.807) is 12.5 Å². The second-order valence-corrected chi connectivity index (χ2v) is 5.17. The van der Waals surface area contributed by atoms with Crippen LogP contribution in [0.2, 0.25) is 0 Å². The third-order valence-corrected chi connectivity index (χ3v) is 3.42. The molecule has 6 nitrogen and oxygen atoms in total. The monoisotopic (exact) mass is 302 g/mol. The van der Waals surface area contributed by atoms with E-state index >= 15 is 0 Å². The molecule has 2 aromatic rings. The normalized spacial score (nSPS) is 11.9. The van der Waals surface area contributed by atoms with Crippen LogP contribution in [-0.4, -0.2) is 33.3 Å². The smallest absolute Gasteiger partial charge is 0.315 e. The van der Waals surface area contributed by atoms with Gasteiger partial charge in [-0.15, -0.1) is 0 Å². The van der Waals surface area contributed by atoms with Crippen molar-refractivity contribution in [2.75, 3.05) is 6.61 Å². The van der Waals surface area contributed by atoms with Crippen molar-refractivity contribution in [3.8, 4) is 0 Å². The Bertz CT molecular complexity index is 580. The molecule has 0 saturated carbocycles. The Morgan fingerprint density at radius 2 is 2.23 bits per heavy atom. The van der Waals surface area contributed by atoms with Gasteiger partial charge in [0.2, 0.25) is 0 Å². The quantitative estimate of drug-likeness (QED) is 0.725. The molecule has 1 aromatic carbocycles. The highest BCUT2D eigenvalue weighted by molar-refractivity contribution is 5.74. The van der Waals surface area contributed by atoms with E-state index in [4.69, 9.17) is 5.11 Å². The first-order valence-corrected chi connectivity index (χ1v) is 7.40. The molecule has 3 N–H and O–H groups in total. The van der Waals surface area contributed by atoms with E-state index in [9.17, 15) is 4.79 Å². The number of benzene rings is 1. The predicted molar refractivity (Wildman–Crippen MR) is 84.3 cm³/mol. The molecule has 1 atom stereocenters. The minimum Gasteiger partial charge on any atom is -0.394 e. The molecule has 2 amide bonds.